The van der Waals surface area contributed by atoms with Crippen LogP contribution in [0.4, 0.5) is 5.95 Å². The molecule has 0 saturated heterocycles. The first kappa shape index (κ1) is 15.9. The van der Waals surface area contributed by atoms with Crippen LogP contribution < -0.4 is 16.1 Å². The lowest BCUT2D eigenvalue weighted by atomic mass is 10.0. The molecule has 0 fully saturated rings. The SMILES string of the molecule is CCCN1NC(C(=O)Nc2nnnn2C)C(NC)=C(C)C1=O. The van der Waals surface area contributed by atoms with Gasteiger partial charge in [-0.05, 0) is 23.8 Å². The lowest BCUT2D eigenvalue weighted by Crippen LogP contribution is -2.59. The number of nitrogens with one attached hydrogen (secondary N) is 3. The molecule has 2 amide bonds. The maximum absolute atomic E-state index is 12.5. The summed E-state index contributed by atoms with van der Waals surface area (Å²) < 4.78 is 1.35. The Balaban J connectivity index is 2.25. The molecule has 0 aliphatic carbocycles. The number of nitrogens with zero attached hydrogens (tertiary/aromatic N) is 5. The van der Waals surface area contributed by atoms with Crippen LogP contribution in [0.1, 0.15) is 20.3 Å². The van der Waals surface area contributed by atoms with E-state index in [1.54, 1.807) is 21.0 Å². The molecule has 22 heavy (non-hydrogen) atoms. The van der Waals surface area contributed by atoms with Crippen LogP contribution in [-0.2, 0) is 16.6 Å². The minimum Gasteiger partial charge on any atom is -0.389 e. The number of amides is 2. The predicted octanol–water partition coefficient (Wildman–Crippen LogP) is -1.23. The Morgan fingerprint density at radius 1 is 1.45 bits per heavy atom. The van der Waals surface area contributed by atoms with E-state index in [1.807, 2.05) is 6.92 Å². The van der Waals surface area contributed by atoms with Gasteiger partial charge in [-0.3, -0.25) is 19.9 Å². The van der Waals surface area contributed by atoms with Crippen molar-refractivity contribution >= 4 is 17.8 Å². The predicted molar refractivity (Wildman–Crippen MR) is 78.1 cm³/mol. The fourth-order valence-corrected chi connectivity index (χ4v) is 2.24. The smallest absolute Gasteiger partial charge is 0.265 e. The maximum Gasteiger partial charge on any atom is 0.265 e. The van der Waals surface area contributed by atoms with Crippen molar-refractivity contribution in [3.63, 3.8) is 0 Å². The van der Waals surface area contributed by atoms with Crippen molar-refractivity contribution in [1.29, 1.82) is 0 Å². The molecule has 3 N–H and O–H groups in total. The lowest BCUT2D eigenvalue weighted by Gasteiger charge is -2.35. The molecular weight excluding hydrogens is 288 g/mol. The first-order valence-corrected chi connectivity index (χ1v) is 6.99. The zero-order valence-corrected chi connectivity index (χ0v) is 13.0. The van der Waals surface area contributed by atoms with Crippen LogP contribution in [0.15, 0.2) is 11.3 Å². The summed E-state index contributed by atoms with van der Waals surface area (Å²) in [6, 6.07) is -0.717. The van der Waals surface area contributed by atoms with Crippen LogP contribution in [0, 0.1) is 0 Å². The largest absolute Gasteiger partial charge is 0.389 e. The summed E-state index contributed by atoms with van der Waals surface area (Å²) in [6.07, 6.45) is 0.780. The van der Waals surface area contributed by atoms with Gasteiger partial charge >= 0.3 is 0 Å². The quantitative estimate of drug-likeness (QED) is 0.623. The number of rotatable bonds is 5. The molecule has 1 aromatic rings. The van der Waals surface area contributed by atoms with Gasteiger partial charge in [0.15, 0.2) is 0 Å². The Bertz CT molecular complexity index is 608. The molecule has 0 radical (unpaired) electrons. The number of hydrogen-bond donors (Lipinski definition) is 3. The second-order valence-electron chi connectivity index (χ2n) is 4.92. The lowest BCUT2D eigenvalue weighted by molar-refractivity contribution is -0.133. The number of aryl methyl sites for hydroxylation is 1. The number of aromatic nitrogens is 4. The first-order chi connectivity index (χ1) is 10.5. The van der Waals surface area contributed by atoms with Crippen LogP contribution in [0.2, 0.25) is 0 Å². The Hall–Kier alpha value is -2.49. The average molecular weight is 308 g/mol. The standard InChI is InChI=1S/C12H20N8O2/c1-5-6-20-11(22)7(2)8(13-3)9(16-20)10(21)14-12-15-17-18-19(12)4/h9,13,16H,5-6H2,1-4H3,(H,14,15,18,21). The van der Waals surface area contributed by atoms with E-state index in [9.17, 15) is 9.59 Å². The second kappa shape index (κ2) is 6.52. The summed E-state index contributed by atoms with van der Waals surface area (Å²) >= 11 is 0. The van der Waals surface area contributed by atoms with E-state index >= 15 is 0 Å². The highest BCUT2D eigenvalue weighted by Crippen LogP contribution is 2.16. The number of anilines is 1. The van der Waals surface area contributed by atoms with E-state index in [0.29, 0.717) is 17.8 Å². The van der Waals surface area contributed by atoms with Gasteiger partial charge in [0.2, 0.25) is 5.95 Å². The third-order valence-corrected chi connectivity index (χ3v) is 3.38. The first-order valence-electron chi connectivity index (χ1n) is 6.99. The van der Waals surface area contributed by atoms with Crippen LogP contribution in [0.25, 0.3) is 0 Å². The minimum atomic E-state index is -0.717. The van der Waals surface area contributed by atoms with Crippen molar-refractivity contribution in [3.05, 3.63) is 11.3 Å². The van der Waals surface area contributed by atoms with E-state index < -0.39 is 6.04 Å². The highest BCUT2D eigenvalue weighted by atomic mass is 16.2. The Morgan fingerprint density at radius 2 is 2.18 bits per heavy atom. The van der Waals surface area contributed by atoms with E-state index in [4.69, 9.17) is 0 Å². The molecule has 1 atom stereocenters. The van der Waals surface area contributed by atoms with E-state index in [-0.39, 0.29) is 17.8 Å². The Labute approximate surface area is 127 Å². The third-order valence-electron chi connectivity index (χ3n) is 3.38. The Morgan fingerprint density at radius 3 is 2.73 bits per heavy atom. The molecule has 10 heteroatoms. The van der Waals surface area contributed by atoms with Gasteiger partial charge in [-0.25, -0.2) is 10.1 Å². The monoisotopic (exact) mass is 308 g/mol. The van der Waals surface area contributed by atoms with Crippen molar-refractivity contribution < 1.29 is 9.59 Å². The number of likely N-dealkylation sites (N-methyl/N-ethyl adjacent to an activating group) is 1. The molecule has 1 aliphatic rings. The summed E-state index contributed by atoms with van der Waals surface area (Å²) in [5.41, 5.74) is 3.98. The van der Waals surface area contributed by atoms with Gasteiger partial charge in [0, 0.05) is 31.9 Å². The summed E-state index contributed by atoms with van der Waals surface area (Å²) in [6.45, 7) is 4.17. The molecule has 1 aliphatic heterocycles. The molecule has 0 bridgehead atoms. The van der Waals surface area contributed by atoms with Gasteiger partial charge in [-0.2, -0.15) is 0 Å². The van der Waals surface area contributed by atoms with Crippen molar-refractivity contribution in [3.8, 4) is 0 Å². The summed E-state index contributed by atoms with van der Waals surface area (Å²) in [7, 11) is 3.30. The molecule has 0 saturated carbocycles. The van der Waals surface area contributed by atoms with E-state index in [0.717, 1.165) is 6.42 Å². The van der Waals surface area contributed by atoms with Crippen LogP contribution in [0.3, 0.4) is 0 Å². The number of hydrazine groups is 1. The number of hydrogen-bond acceptors (Lipinski definition) is 7. The molecule has 10 nitrogen and oxygen atoms in total. The minimum absolute atomic E-state index is 0.143. The number of carbonyl (C=O) groups excluding carboxylic acids is 2. The van der Waals surface area contributed by atoms with Crippen molar-refractivity contribution in [2.24, 2.45) is 7.05 Å². The third kappa shape index (κ3) is 2.91. The van der Waals surface area contributed by atoms with E-state index in [2.05, 4.69) is 31.6 Å². The molecule has 0 spiro atoms. The second-order valence-corrected chi connectivity index (χ2v) is 4.92. The van der Waals surface area contributed by atoms with Gasteiger partial charge in [0.25, 0.3) is 11.8 Å². The summed E-state index contributed by atoms with van der Waals surface area (Å²) in [4.78, 5) is 24.7. The van der Waals surface area contributed by atoms with Gasteiger partial charge in [-0.1, -0.05) is 12.0 Å². The zero-order chi connectivity index (χ0) is 16.3. The Kier molecular flexibility index (Phi) is 4.71. The van der Waals surface area contributed by atoms with Gasteiger partial charge in [0.05, 0.1) is 0 Å². The molecule has 2 rings (SSSR count). The number of tetrazole rings is 1. The molecular formula is C12H20N8O2. The van der Waals surface area contributed by atoms with Crippen LogP contribution in [0.5, 0.6) is 0 Å². The molecule has 120 valence electrons. The maximum atomic E-state index is 12.5. The molecule has 1 unspecified atom stereocenters. The molecule has 0 aromatic carbocycles. The molecule has 1 aromatic heterocycles. The van der Waals surface area contributed by atoms with Gasteiger partial charge in [0.1, 0.15) is 6.04 Å². The fraction of sp³-hybridized carbons (Fsp3) is 0.583. The molecule has 2 heterocycles. The van der Waals surface area contributed by atoms with Crippen LogP contribution >= 0.6 is 0 Å². The van der Waals surface area contributed by atoms with E-state index in [1.165, 1.54) is 9.69 Å². The summed E-state index contributed by atoms with van der Waals surface area (Å²) in [5.74, 6) is -0.260. The average Bonchev–Trinajstić information content (AvgIpc) is 2.89. The number of carbonyl (C=O) groups is 2. The van der Waals surface area contributed by atoms with Crippen molar-refractivity contribution in [1.82, 2.24) is 36.0 Å². The highest BCUT2D eigenvalue weighted by molar-refractivity contribution is 6.01. The fourth-order valence-electron chi connectivity index (χ4n) is 2.24. The van der Waals surface area contributed by atoms with Crippen molar-refractivity contribution in [2.45, 2.75) is 26.3 Å². The van der Waals surface area contributed by atoms with Crippen LogP contribution in [-0.4, -0.2) is 56.7 Å². The summed E-state index contributed by atoms with van der Waals surface area (Å²) in [5, 5.41) is 17.8. The highest BCUT2D eigenvalue weighted by Gasteiger charge is 2.35. The normalized spacial score (nSPS) is 18.6. The topological polar surface area (TPSA) is 117 Å². The van der Waals surface area contributed by atoms with Gasteiger partial charge < -0.3 is 5.32 Å². The van der Waals surface area contributed by atoms with Gasteiger partial charge in [-0.15, -0.1) is 0 Å². The van der Waals surface area contributed by atoms with Crippen molar-refractivity contribution in [2.75, 3.05) is 18.9 Å². The zero-order valence-electron chi connectivity index (χ0n) is 13.0.